The van der Waals surface area contributed by atoms with Crippen molar-refractivity contribution in [3.63, 3.8) is 0 Å². The highest BCUT2D eigenvalue weighted by Gasteiger charge is 2.34. The van der Waals surface area contributed by atoms with Crippen molar-refractivity contribution in [1.82, 2.24) is 10.2 Å². The third kappa shape index (κ3) is 6.30. The number of halogens is 3. The Morgan fingerprint density at radius 1 is 1.62 bits per heavy atom. The molecule has 0 aliphatic rings. The lowest BCUT2D eigenvalue weighted by Crippen LogP contribution is -2.07. The zero-order valence-electron chi connectivity index (χ0n) is 8.19. The van der Waals surface area contributed by atoms with E-state index in [0.29, 0.717) is 17.9 Å². The fraction of sp³-hybridized carbons (Fsp3) is 0.571. The highest BCUT2D eigenvalue weighted by atomic mass is 32.1. The molecule has 5 nitrogen and oxygen atoms in total. The van der Waals surface area contributed by atoms with E-state index in [4.69, 9.17) is 5.11 Å². The minimum atomic E-state index is -4.33. The maximum Gasteiger partial charge on any atom is 0.445 e. The van der Waals surface area contributed by atoms with E-state index in [1.807, 2.05) is 0 Å². The summed E-state index contributed by atoms with van der Waals surface area (Å²) >= 11 is 0.483. The van der Waals surface area contributed by atoms with Crippen LogP contribution in [-0.4, -0.2) is 34.5 Å². The van der Waals surface area contributed by atoms with Gasteiger partial charge in [0.1, 0.15) is 12.1 Å². The number of nitrogens with zero attached hydrogens (tertiary/aromatic N) is 2. The lowest BCUT2D eigenvalue weighted by molar-refractivity contribution is -0.146. The van der Waals surface area contributed by atoms with Gasteiger partial charge in [-0.05, 0) is 6.92 Å². The summed E-state index contributed by atoms with van der Waals surface area (Å²) in [6.45, 7) is 1.50. The fourth-order valence-electron chi connectivity index (χ4n) is 0.503. The van der Waals surface area contributed by atoms with Gasteiger partial charge in [0.15, 0.2) is 0 Å². The monoisotopic (exact) mass is 258 g/mol. The Bertz CT molecular complexity index is 302. The van der Waals surface area contributed by atoms with Crippen molar-refractivity contribution in [1.29, 1.82) is 0 Å². The van der Waals surface area contributed by atoms with Gasteiger partial charge in [-0.25, -0.2) is 4.79 Å². The van der Waals surface area contributed by atoms with E-state index in [1.54, 1.807) is 6.92 Å². The highest BCUT2D eigenvalue weighted by molar-refractivity contribution is 7.09. The van der Waals surface area contributed by atoms with E-state index in [0.717, 1.165) is 5.51 Å². The summed E-state index contributed by atoms with van der Waals surface area (Å²) in [5, 5.41) is 13.0. The van der Waals surface area contributed by atoms with Crippen molar-refractivity contribution in [3.8, 4) is 0 Å². The van der Waals surface area contributed by atoms with Crippen LogP contribution in [0.3, 0.4) is 0 Å². The number of esters is 1. The Balaban J connectivity index is 0.000000293. The molecule has 0 radical (unpaired) electrons. The van der Waals surface area contributed by atoms with Crippen molar-refractivity contribution in [2.45, 2.75) is 13.1 Å². The first-order valence-electron chi connectivity index (χ1n) is 4.01. The van der Waals surface area contributed by atoms with E-state index in [2.05, 4.69) is 14.9 Å². The number of carbonyl (C=O) groups is 1. The Labute approximate surface area is 92.9 Å². The zero-order valence-corrected chi connectivity index (χ0v) is 9.01. The lowest BCUT2D eigenvalue weighted by Gasteiger charge is -1.96. The van der Waals surface area contributed by atoms with E-state index in [9.17, 15) is 18.0 Å². The molecule has 1 N–H and O–H groups in total. The largest absolute Gasteiger partial charge is 0.464 e. The summed E-state index contributed by atoms with van der Waals surface area (Å²) in [4.78, 5) is 9.94. The van der Waals surface area contributed by atoms with Gasteiger partial charge in [-0.3, -0.25) is 0 Å². The average molecular weight is 258 g/mol. The number of rotatable bonds is 2. The van der Waals surface area contributed by atoms with Gasteiger partial charge in [0.05, 0.1) is 6.61 Å². The molecule has 0 amide bonds. The Hall–Kier alpha value is -1.22. The first-order valence-corrected chi connectivity index (χ1v) is 4.89. The van der Waals surface area contributed by atoms with Crippen LogP contribution in [0, 0.1) is 0 Å². The van der Waals surface area contributed by atoms with Gasteiger partial charge in [-0.1, -0.05) is 11.3 Å². The van der Waals surface area contributed by atoms with Crippen LogP contribution in [0.5, 0.6) is 0 Å². The molecule has 0 bridgehead atoms. The van der Waals surface area contributed by atoms with Crippen molar-refractivity contribution < 1.29 is 27.8 Å². The second-order valence-corrected chi connectivity index (χ2v) is 3.04. The van der Waals surface area contributed by atoms with Crippen LogP contribution >= 0.6 is 11.3 Å². The molecule has 1 rings (SSSR count). The SMILES string of the molecule is CCOC(=O)CO.FC(F)(F)c1nncs1. The van der Waals surface area contributed by atoms with Gasteiger partial charge >= 0.3 is 12.1 Å². The van der Waals surface area contributed by atoms with E-state index in [1.165, 1.54) is 0 Å². The van der Waals surface area contributed by atoms with Crippen LogP contribution in [0.1, 0.15) is 11.9 Å². The molecule has 0 aliphatic carbocycles. The number of ether oxygens (including phenoxy) is 1. The third-order valence-electron chi connectivity index (χ3n) is 1.04. The molecule has 16 heavy (non-hydrogen) atoms. The summed E-state index contributed by atoms with van der Waals surface area (Å²) in [5.41, 5.74) is 1.04. The number of hydrogen-bond donors (Lipinski definition) is 1. The van der Waals surface area contributed by atoms with Gasteiger partial charge in [-0.2, -0.15) is 13.2 Å². The molecule has 1 heterocycles. The molecular weight excluding hydrogens is 249 g/mol. The molecular formula is C7H9F3N2O3S. The molecule has 0 atom stereocenters. The Kier molecular flexibility index (Phi) is 6.58. The molecule has 0 spiro atoms. The topological polar surface area (TPSA) is 72.3 Å². The number of carbonyl (C=O) groups excluding carboxylic acids is 1. The maximum absolute atomic E-state index is 11.5. The van der Waals surface area contributed by atoms with E-state index in [-0.39, 0.29) is 0 Å². The van der Waals surface area contributed by atoms with Crippen LogP contribution in [0.2, 0.25) is 0 Å². The van der Waals surface area contributed by atoms with Gasteiger partial charge in [0.25, 0.3) is 0 Å². The smallest absolute Gasteiger partial charge is 0.445 e. The third-order valence-corrected chi connectivity index (χ3v) is 1.77. The van der Waals surface area contributed by atoms with Crippen LogP contribution in [0.25, 0.3) is 0 Å². The van der Waals surface area contributed by atoms with E-state index >= 15 is 0 Å². The molecule has 92 valence electrons. The molecule has 1 aromatic rings. The lowest BCUT2D eigenvalue weighted by atomic mass is 10.7. The molecule has 9 heteroatoms. The van der Waals surface area contributed by atoms with Crippen molar-refractivity contribution in [2.24, 2.45) is 0 Å². The second-order valence-electron chi connectivity index (χ2n) is 2.20. The Morgan fingerprint density at radius 3 is 2.44 bits per heavy atom. The molecule has 1 aromatic heterocycles. The number of hydrogen-bond acceptors (Lipinski definition) is 6. The van der Waals surface area contributed by atoms with Crippen LogP contribution in [0.4, 0.5) is 13.2 Å². The summed E-state index contributed by atoms with van der Waals surface area (Å²) in [6.07, 6.45) is -4.33. The first-order chi connectivity index (χ1) is 7.41. The summed E-state index contributed by atoms with van der Waals surface area (Å²) < 4.78 is 38.9. The van der Waals surface area contributed by atoms with Gasteiger partial charge in [0.2, 0.25) is 5.01 Å². The number of aliphatic hydroxyl groups is 1. The van der Waals surface area contributed by atoms with Crippen LogP contribution in [0.15, 0.2) is 5.51 Å². The number of aromatic nitrogens is 2. The van der Waals surface area contributed by atoms with Gasteiger partial charge in [0, 0.05) is 0 Å². The molecule has 0 saturated heterocycles. The second kappa shape index (κ2) is 7.12. The zero-order chi connectivity index (χ0) is 12.6. The van der Waals surface area contributed by atoms with Crippen LogP contribution in [-0.2, 0) is 15.7 Å². The molecule has 0 saturated carbocycles. The summed E-state index contributed by atoms with van der Waals surface area (Å²) in [5.74, 6) is -0.567. The van der Waals surface area contributed by atoms with Crippen LogP contribution < -0.4 is 0 Å². The predicted octanol–water partition coefficient (Wildman–Crippen LogP) is 1.10. The molecule has 0 aliphatic heterocycles. The molecule has 0 aromatic carbocycles. The quantitative estimate of drug-likeness (QED) is 0.804. The summed E-state index contributed by atoms with van der Waals surface area (Å²) in [6, 6.07) is 0. The molecule has 0 fully saturated rings. The van der Waals surface area contributed by atoms with Gasteiger partial charge in [-0.15, -0.1) is 10.2 Å². The normalized spacial score (nSPS) is 10.3. The van der Waals surface area contributed by atoms with Crippen molar-refractivity contribution >= 4 is 17.3 Å². The standard InChI is InChI=1S/C4H8O3.C3HF3N2S/c1-2-7-4(6)3-5;4-3(5,6)2-8-7-1-9-2/h5H,2-3H2,1H3;1H. The summed E-state index contributed by atoms with van der Waals surface area (Å²) in [7, 11) is 0. The van der Waals surface area contributed by atoms with E-state index < -0.39 is 23.8 Å². The van der Waals surface area contributed by atoms with Crippen molar-refractivity contribution in [3.05, 3.63) is 10.5 Å². The average Bonchev–Trinajstić information content (AvgIpc) is 2.71. The Morgan fingerprint density at radius 2 is 2.25 bits per heavy atom. The first kappa shape index (κ1) is 14.8. The highest BCUT2D eigenvalue weighted by Crippen LogP contribution is 2.29. The van der Waals surface area contributed by atoms with Gasteiger partial charge < -0.3 is 9.84 Å². The number of aliphatic hydroxyl groups excluding tert-OH is 1. The number of alkyl halides is 3. The minimum Gasteiger partial charge on any atom is -0.464 e. The maximum atomic E-state index is 11.5. The molecule has 0 unspecified atom stereocenters. The minimum absolute atomic E-state index is 0.333. The predicted molar refractivity (Wildman–Crippen MR) is 48.6 cm³/mol. The van der Waals surface area contributed by atoms with Crippen molar-refractivity contribution in [2.75, 3.05) is 13.2 Å². The fourth-order valence-corrected chi connectivity index (χ4v) is 0.925.